The van der Waals surface area contributed by atoms with Crippen LogP contribution in [-0.4, -0.2) is 23.1 Å². The summed E-state index contributed by atoms with van der Waals surface area (Å²) in [7, 11) is 0. The highest BCUT2D eigenvalue weighted by Gasteiger charge is 2.16. The van der Waals surface area contributed by atoms with E-state index in [2.05, 4.69) is 46.9 Å². The Morgan fingerprint density at radius 2 is 1.58 bits per heavy atom. The largest absolute Gasteiger partial charge is 0.316 e. The third-order valence-corrected chi connectivity index (χ3v) is 3.77. The van der Waals surface area contributed by atoms with Gasteiger partial charge >= 0.3 is 0 Å². The van der Waals surface area contributed by atoms with E-state index in [0.29, 0.717) is 11.8 Å². The molecule has 1 aromatic rings. The summed E-state index contributed by atoms with van der Waals surface area (Å²) in [6, 6.07) is 0. The van der Waals surface area contributed by atoms with Crippen LogP contribution in [0.15, 0.2) is 0 Å². The molecule has 3 heteroatoms. The molecule has 2 unspecified atom stereocenters. The molecule has 0 radical (unpaired) electrons. The molecule has 0 bridgehead atoms. The number of aryl methyl sites for hydroxylation is 2. The highest BCUT2D eigenvalue weighted by molar-refractivity contribution is 5.28. The third-order valence-electron chi connectivity index (χ3n) is 3.77. The van der Waals surface area contributed by atoms with Crippen LogP contribution >= 0.6 is 0 Å². The zero-order valence-electron chi connectivity index (χ0n) is 13.4. The molecule has 1 N–H and O–H groups in total. The van der Waals surface area contributed by atoms with Gasteiger partial charge in [-0.2, -0.15) is 0 Å². The molecule has 3 nitrogen and oxygen atoms in total. The summed E-state index contributed by atoms with van der Waals surface area (Å²) in [5, 5.41) is 3.48. The Hall–Kier alpha value is -0.960. The SMILES string of the molecule is CCCNCC(C)c1c(C)nc(C(C)CC)nc1C. The lowest BCUT2D eigenvalue weighted by Gasteiger charge is -2.19. The van der Waals surface area contributed by atoms with Crippen LogP contribution in [0.1, 0.15) is 75.1 Å². The fourth-order valence-corrected chi connectivity index (χ4v) is 2.46. The average molecular weight is 263 g/mol. The number of nitrogens with zero attached hydrogens (tertiary/aromatic N) is 2. The van der Waals surface area contributed by atoms with Gasteiger partial charge in [-0.25, -0.2) is 9.97 Å². The van der Waals surface area contributed by atoms with Crippen LogP contribution in [0, 0.1) is 13.8 Å². The van der Waals surface area contributed by atoms with Crippen molar-refractivity contribution in [1.82, 2.24) is 15.3 Å². The van der Waals surface area contributed by atoms with Crippen LogP contribution in [0.4, 0.5) is 0 Å². The zero-order valence-corrected chi connectivity index (χ0v) is 13.4. The molecule has 1 heterocycles. The van der Waals surface area contributed by atoms with Gasteiger partial charge in [0.1, 0.15) is 5.82 Å². The fourth-order valence-electron chi connectivity index (χ4n) is 2.46. The van der Waals surface area contributed by atoms with Crippen molar-refractivity contribution in [3.8, 4) is 0 Å². The van der Waals surface area contributed by atoms with E-state index in [9.17, 15) is 0 Å². The molecular weight excluding hydrogens is 234 g/mol. The lowest BCUT2D eigenvalue weighted by Crippen LogP contribution is -2.22. The van der Waals surface area contributed by atoms with Gasteiger partial charge < -0.3 is 5.32 Å². The molecule has 0 aliphatic heterocycles. The molecule has 1 rings (SSSR count). The molecule has 0 saturated carbocycles. The number of hydrogen-bond donors (Lipinski definition) is 1. The Morgan fingerprint density at radius 1 is 1.00 bits per heavy atom. The molecule has 0 saturated heterocycles. The van der Waals surface area contributed by atoms with Gasteiger partial charge in [-0.15, -0.1) is 0 Å². The maximum atomic E-state index is 4.72. The van der Waals surface area contributed by atoms with Crippen LogP contribution in [0.3, 0.4) is 0 Å². The summed E-state index contributed by atoms with van der Waals surface area (Å²) >= 11 is 0. The maximum Gasteiger partial charge on any atom is 0.131 e. The predicted octanol–water partition coefficient (Wildman–Crippen LogP) is 3.71. The normalized spacial score (nSPS) is 14.4. The first kappa shape index (κ1) is 16.1. The van der Waals surface area contributed by atoms with E-state index >= 15 is 0 Å². The molecule has 2 atom stereocenters. The number of rotatable bonds is 7. The summed E-state index contributed by atoms with van der Waals surface area (Å²) in [6.45, 7) is 15.1. The molecule has 0 fully saturated rings. The van der Waals surface area contributed by atoms with Crippen molar-refractivity contribution < 1.29 is 0 Å². The Balaban J connectivity index is 2.90. The summed E-state index contributed by atoms with van der Waals surface area (Å²) in [4.78, 5) is 9.43. The van der Waals surface area contributed by atoms with E-state index < -0.39 is 0 Å². The Labute approximate surface area is 118 Å². The molecular formula is C16H29N3. The van der Waals surface area contributed by atoms with Crippen LogP contribution < -0.4 is 5.32 Å². The van der Waals surface area contributed by atoms with Crippen LogP contribution in [0.5, 0.6) is 0 Å². The van der Waals surface area contributed by atoms with Crippen LogP contribution in [0.2, 0.25) is 0 Å². The molecule has 0 aromatic carbocycles. The van der Waals surface area contributed by atoms with Gasteiger partial charge in [0.25, 0.3) is 0 Å². The first-order valence-electron chi connectivity index (χ1n) is 7.56. The Kier molecular flexibility index (Phi) is 6.43. The molecule has 19 heavy (non-hydrogen) atoms. The zero-order chi connectivity index (χ0) is 14.4. The van der Waals surface area contributed by atoms with Crippen molar-refractivity contribution in [3.05, 3.63) is 22.8 Å². The van der Waals surface area contributed by atoms with Gasteiger partial charge in [0, 0.05) is 23.9 Å². The molecule has 0 aliphatic rings. The third kappa shape index (κ3) is 4.27. The van der Waals surface area contributed by atoms with Crippen LogP contribution in [-0.2, 0) is 0 Å². The molecule has 108 valence electrons. The number of nitrogens with one attached hydrogen (secondary N) is 1. The highest BCUT2D eigenvalue weighted by atomic mass is 14.9. The minimum Gasteiger partial charge on any atom is -0.316 e. The molecule has 0 amide bonds. The monoisotopic (exact) mass is 263 g/mol. The summed E-state index contributed by atoms with van der Waals surface area (Å²) in [6.07, 6.45) is 2.26. The predicted molar refractivity (Wildman–Crippen MR) is 81.8 cm³/mol. The smallest absolute Gasteiger partial charge is 0.131 e. The maximum absolute atomic E-state index is 4.72. The van der Waals surface area contributed by atoms with Crippen molar-refractivity contribution in [2.75, 3.05) is 13.1 Å². The fraction of sp³-hybridized carbons (Fsp3) is 0.750. The lowest BCUT2D eigenvalue weighted by molar-refractivity contribution is 0.594. The minimum absolute atomic E-state index is 0.444. The number of hydrogen-bond acceptors (Lipinski definition) is 3. The van der Waals surface area contributed by atoms with Gasteiger partial charge in [0.15, 0.2) is 0 Å². The second kappa shape index (κ2) is 7.59. The standard InChI is InChI=1S/C16H29N3/c1-7-9-17-10-12(4)15-13(5)18-16(11(3)8-2)19-14(15)6/h11-12,17H,7-10H2,1-6H3. The Bertz CT molecular complexity index is 378. The number of aromatic nitrogens is 2. The quantitative estimate of drug-likeness (QED) is 0.762. The van der Waals surface area contributed by atoms with E-state index in [1.165, 1.54) is 12.0 Å². The van der Waals surface area contributed by atoms with Gasteiger partial charge in [-0.3, -0.25) is 0 Å². The van der Waals surface area contributed by atoms with Crippen molar-refractivity contribution in [1.29, 1.82) is 0 Å². The van der Waals surface area contributed by atoms with Gasteiger partial charge in [0.2, 0.25) is 0 Å². The molecule has 0 aliphatic carbocycles. The van der Waals surface area contributed by atoms with Crippen molar-refractivity contribution in [2.45, 2.75) is 66.2 Å². The molecule has 0 spiro atoms. The summed E-state index contributed by atoms with van der Waals surface area (Å²) < 4.78 is 0. The van der Waals surface area contributed by atoms with E-state index in [1.807, 2.05) is 0 Å². The van der Waals surface area contributed by atoms with Gasteiger partial charge in [-0.1, -0.05) is 27.7 Å². The van der Waals surface area contributed by atoms with E-state index in [4.69, 9.17) is 9.97 Å². The first-order valence-corrected chi connectivity index (χ1v) is 7.56. The molecule has 1 aromatic heterocycles. The summed E-state index contributed by atoms with van der Waals surface area (Å²) in [5.74, 6) is 1.91. The van der Waals surface area contributed by atoms with Gasteiger partial charge in [-0.05, 0) is 44.7 Å². The minimum atomic E-state index is 0.444. The van der Waals surface area contributed by atoms with Gasteiger partial charge in [0.05, 0.1) is 0 Å². The van der Waals surface area contributed by atoms with E-state index in [-0.39, 0.29) is 0 Å². The average Bonchev–Trinajstić information content (AvgIpc) is 2.37. The van der Waals surface area contributed by atoms with Crippen molar-refractivity contribution >= 4 is 0 Å². The first-order chi connectivity index (χ1) is 9.01. The summed E-state index contributed by atoms with van der Waals surface area (Å²) in [5.41, 5.74) is 3.61. The highest BCUT2D eigenvalue weighted by Crippen LogP contribution is 2.23. The lowest BCUT2D eigenvalue weighted by atomic mass is 9.97. The van der Waals surface area contributed by atoms with E-state index in [0.717, 1.165) is 36.7 Å². The Morgan fingerprint density at radius 3 is 2.05 bits per heavy atom. The topological polar surface area (TPSA) is 37.8 Å². The van der Waals surface area contributed by atoms with Crippen LogP contribution in [0.25, 0.3) is 0 Å². The second-order valence-electron chi connectivity index (χ2n) is 5.58. The van der Waals surface area contributed by atoms with Crippen molar-refractivity contribution in [2.24, 2.45) is 0 Å². The second-order valence-corrected chi connectivity index (χ2v) is 5.58. The van der Waals surface area contributed by atoms with E-state index in [1.54, 1.807) is 0 Å². The van der Waals surface area contributed by atoms with Crippen molar-refractivity contribution in [3.63, 3.8) is 0 Å².